The van der Waals surface area contributed by atoms with Gasteiger partial charge in [-0.15, -0.1) is 0 Å². The number of Topliss-reactive ketones (excluding diaryl/α,β-unsaturated/α-hetero) is 2. The fourth-order valence-corrected chi connectivity index (χ4v) is 3.29. The first-order valence-corrected chi connectivity index (χ1v) is 8.05. The van der Waals surface area contributed by atoms with E-state index in [1.54, 1.807) is 6.92 Å². The lowest BCUT2D eigenvalue weighted by atomic mass is 9.60. The van der Waals surface area contributed by atoms with Crippen molar-refractivity contribution in [2.24, 2.45) is 10.8 Å². The van der Waals surface area contributed by atoms with Gasteiger partial charge in [-0.3, -0.25) is 14.4 Å². The summed E-state index contributed by atoms with van der Waals surface area (Å²) in [6.07, 6.45) is 0.722. The summed E-state index contributed by atoms with van der Waals surface area (Å²) in [5, 5.41) is 0. The first-order valence-electron chi connectivity index (χ1n) is 8.05. The Hall–Kier alpha value is -1.97. The molecular formula is C19H24O4. The fraction of sp³-hybridized carbons (Fsp3) is 0.526. The molecule has 0 saturated heterocycles. The van der Waals surface area contributed by atoms with Gasteiger partial charge in [0.15, 0.2) is 0 Å². The van der Waals surface area contributed by atoms with Gasteiger partial charge in [0.2, 0.25) is 0 Å². The van der Waals surface area contributed by atoms with E-state index in [1.807, 2.05) is 44.2 Å². The Labute approximate surface area is 137 Å². The predicted octanol–water partition coefficient (Wildman–Crippen LogP) is 3.13. The van der Waals surface area contributed by atoms with Gasteiger partial charge in [0, 0.05) is 12.8 Å². The second-order valence-electron chi connectivity index (χ2n) is 7.09. The molecule has 0 atom stereocenters. The molecule has 1 fully saturated rings. The maximum Gasteiger partial charge on any atom is 0.307 e. The minimum Gasteiger partial charge on any atom is -0.466 e. The Balaban J connectivity index is 2.36. The summed E-state index contributed by atoms with van der Waals surface area (Å²) in [5.74, 6) is -0.767. The number of carbonyl (C=O) groups is 3. The first-order chi connectivity index (χ1) is 10.8. The number of carbonyl (C=O) groups excluding carboxylic acids is 3. The lowest BCUT2D eigenvalue weighted by Crippen LogP contribution is -2.50. The topological polar surface area (TPSA) is 60.4 Å². The van der Waals surface area contributed by atoms with Crippen LogP contribution in [0.4, 0.5) is 0 Å². The van der Waals surface area contributed by atoms with Gasteiger partial charge in [-0.2, -0.15) is 0 Å². The van der Waals surface area contributed by atoms with E-state index in [0.29, 0.717) is 12.8 Å². The second kappa shape index (κ2) is 6.65. The molecule has 1 aliphatic rings. The molecule has 0 spiro atoms. The number of benzene rings is 1. The van der Waals surface area contributed by atoms with Gasteiger partial charge in [-0.1, -0.05) is 44.2 Å². The molecule has 0 radical (unpaired) electrons. The largest absolute Gasteiger partial charge is 0.466 e. The first kappa shape index (κ1) is 17.4. The van der Waals surface area contributed by atoms with Crippen molar-refractivity contribution in [3.8, 4) is 0 Å². The van der Waals surface area contributed by atoms with Crippen molar-refractivity contribution in [2.45, 2.75) is 46.5 Å². The Morgan fingerprint density at radius 2 is 1.65 bits per heavy atom. The monoisotopic (exact) mass is 316 g/mol. The summed E-state index contributed by atoms with van der Waals surface area (Å²) in [6.45, 7) is 5.79. The molecule has 23 heavy (non-hydrogen) atoms. The highest BCUT2D eigenvalue weighted by Crippen LogP contribution is 2.44. The van der Waals surface area contributed by atoms with Crippen molar-refractivity contribution in [3.63, 3.8) is 0 Å². The average molecular weight is 316 g/mol. The Kier molecular flexibility index (Phi) is 5.03. The molecule has 1 aromatic rings. The molecule has 0 bridgehead atoms. The molecule has 0 heterocycles. The van der Waals surface area contributed by atoms with Crippen LogP contribution in [0.1, 0.15) is 45.6 Å². The molecule has 1 aromatic carbocycles. The quantitative estimate of drug-likeness (QED) is 0.618. The number of ether oxygens (including phenoxy) is 1. The van der Waals surface area contributed by atoms with Crippen LogP contribution in [0.2, 0.25) is 0 Å². The third kappa shape index (κ3) is 3.87. The van der Waals surface area contributed by atoms with Gasteiger partial charge in [-0.05, 0) is 24.3 Å². The van der Waals surface area contributed by atoms with Gasteiger partial charge in [0.25, 0.3) is 0 Å². The summed E-state index contributed by atoms with van der Waals surface area (Å²) in [4.78, 5) is 37.7. The molecular weight excluding hydrogens is 292 g/mol. The van der Waals surface area contributed by atoms with Crippen molar-refractivity contribution < 1.29 is 19.1 Å². The number of ketones is 2. The van der Waals surface area contributed by atoms with Crippen LogP contribution < -0.4 is 0 Å². The van der Waals surface area contributed by atoms with Crippen LogP contribution in [0.5, 0.6) is 0 Å². The molecule has 0 aromatic heterocycles. The summed E-state index contributed by atoms with van der Waals surface area (Å²) in [6, 6.07) is 9.39. The van der Waals surface area contributed by atoms with Crippen molar-refractivity contribution >= 4 is 17.5 Å². The molecule has 1 saturated carbocycles. The van der Waals surface area contributed by atoms with Crippen molar-refractivity contribution in [1.82, 2.24) is 0 Å². The van der Waals surface area contributed by atoms with Gasteiger partial charge in [0.1, 0.15) is 17.0 Å². The molecule has 2 rings (SSSR count). The summed E-state index contributed by atoms with van der Waals surface area (Å²) in [5.41, 5.74) is -0.732. The molecule has 0 amide bonds. The molecule has 1 aliphatic carbocycles. The zero-order chi connectivity index (χ0) is 17.1. The van der Waals surface area contributed by atoms with Crippen molar-refractivity contribution in [2.75, 3.05) is 6.61 Å². The Bertz CT molecular complexity index is 581. The van der Waals surface area contributed by atoms with Crippen molar-refractivity contribution in [3.05, 3.63) is 35.9 Å². The Morgan fingerprint density at radius 1 is 1.09 bits per heavy atom. The summed E-state index contributed by atoms with van der Waals surface area (Å²) >= 11 is 0. The fourth-order valence-electron chi connectivity index (χ4n) is 3.29. The lowest BCUT2D eigenvalue weighted by Gasteiger charge is -2.40. The lowest BCUT2D eigenvalue weighted by molar-refractivity contribution is -0.158. The van der Waals surface area contributed by atoms with E-state index < -0.39 is 11.4 Å². The van der Waals surface area contributed by atoms with Crippen LogP contribution in [0, 0.1) is 10.8 Å². The Morgan fingerprint density at radius 3 is 2.17 bits per heavy atom. The van der Waals surface area contributed by atoms with Crippen molar-refractivity contribution in [1.29, 1.82) is 0 Å². The van der Waals surface area contributed by atoms with Crippen LogP contribution in [0.25, 0.3) is 0 Å². The highest BCUT2D eigenvalue weighted by atomic mass is 16.5. The third-order valence-corrected chi connectivity index (χ3v) is 4.45. The average Bonchev–Trinajstić information content (AvgIpc) is 2.45. The van der Waals surface area contributed by atoms with E-state index in [-0.39, 0.29) is 36.4 Å². The molecule has 4 nitrogen and oxygen atoms in total. The number of esters is 1. The van der Waals surface area contributed by atoms with E-state index in [9.17, 15) is 14.4 Å². The second-order valence-corrected chi connectivity index (χ2v) is 7.09. The maximum absolute atomic E-state index is 12.9. The molecule has 0 unspecified atom stereocenters. The predicted molar refractivity (Wildman–Crippen MR) is 86.9 cm³/mol. The number of rotatable bonds is 5. The van der Waals surface area contributed by atoms with Gasteiger partial charge >= 0.3 is 5.97 Å². The maximum atomic E-state index is 12.9. The number of hydrogen-bond acceptors (Lipinski definition) is 4. The van der Waals surface area contributed by atoms with E-state index in [2.05, 4.69) is 0 Å². The highest BCUT2D eigenvalue weighted by molar-refractivity contribution is 6.11. The van der Waals surface area contributed by atoms with E-state index >= 15 is 0 Å². The molecule has 4 heteroatoms. The zero-order valence-electron chi connectivity index (χ0n) is 14.1. The summed E-state index contributed by atoms with van der Waals surface area (Å²) < 4.78 is 5.01. The van der Waals surface area contributed by atoms with E-state index in [0.717, 1.165) is 5.56 Å². The minimum atomic E-state index is -1.27. The molecule has 0 N–H and O–H groups in total. The summed E-state index contributed by atoms with van der Waals surface area (Å²) in [7, 11) is 0. The highest BCUT2D eigenvalue weighted by Gasteiger charge is 2.52. The smallest absolute Gasteiger partial charge is 0.307 e. The van der Waals surface area contributed by atoms with Crippen LogP contribution in [-0.4, -0.2) is 24.1 Å². The van der Waals surface area contributed by atoms with Crippen LogP contribution >= 0.6 is 0 Å². The normalized spacial score (nSPS) is 19.4. The number of hydrogen-bond donors (Lipinski definition) is 0. The van der Waals surface area contributed by atoms with Gasteiger partial charge in [-0.25, -0.2) is 0 Å². The van der Waals surface area contributed by atoms with Gasteiger partial charge in [0.05, 0.1) is 13.0 Å². The van der Waals surface area contributed by atoms with Crippen LogP contribution in [0.15, 0.2) is 30.3 Å². The third-order valence-electron chi connectivity index (χ3n) is 4.45. The van der Waals surface area contributed by atoms with Crippen LogP contribution in [0.3, 0.4) is 0 Å². The van der Waals surface area contributed by atoms with Crippen LogP contribution in [-0.2, 0) is 25.5 Å². The van der Waals surface area contributed by atoms with E-state index in [4.69, 9.17) is 4.74 Å². The standard InChI is InChI=1S/C19H24O4/c1-4-23-17(22)13-19(10-14-8-6-5-7-9-14)15(20)11-18(2,3)12-16(19)21/h5-9H,4,10-13H2,1-3H3. The van der Waals surface area contributed by atoms with Gasteiger partial charge < -0.3 is 4.74 Å². The van der Waals surface area contributed by atoms with E-state index in [1.165, 1.54) is 0 Å². The SMILES string of the molecule is CCOC(=O)CC1(Cc2ccccc2)C(=O)CC(C)(C)CC1=O. The molecule has 0 aliphatic heterocycles. The molecule has 124 valence electrons. The minimum absolute atomic E-state index is 0.143. The zero-order valence-corrected chi connectivity index (χ0v) is 14.1.